The number of hydrogen-bond donors (Lipinski definition) is 0. The van der Waals surface area contributed by atoms with E-state index in [-0.39, 0.29) is 0 Å². The van der Waals surface area contributed by atoms with E-state index < -0.39 is 0 Å². The van der Waals surface area contributed by atoms with Crippen LogP contribution in [0.4, 0.5) is 0 Å². The zero-order valence-electron chi connectivity index (χ0n) is 27.3. The summed E-state index contributed by atoms with van der Waals surface area (Å²) in [7, 11) is 0. The van der Waals surface area contributed by atoms with Gasteiger partial charge < -0.3 is 9.15 Å². The van der Waals surface area contributed by atoms with Crippen LogP contribution < -0.4 is 4.74 Å². The molecule has 0 bridgehead atoms. The summed E-state index contributed by atoms with van der Waals surface area (Å²) in [5.41, 5.74) is 6.93. The van der Waals surface area contributed by atoms with Gasteiger partial charge in [0.1, 0.15) is 12.2 Å². The standard InChI is InChI=1S/C29H20.C18H14O2/c1-19-21-11-4-8-16-26(21)29(27-17-9-5-12-22(19)27)28-18-20-10-2-3-13-23(20)24-14-6-7-15-25(24)28;1-2-6-12-19-17-13(7-3-1)10-11-15-14-8-4-5-9-16(14)20-18(15)17/h2-18H,1H3;1-6,8-11H,7,12H2/b;3-1-,6-2-. The van der Waals surface area contributed by atoms with Crippen molar-refractivity contribution < 1.29 is 9.15 Å². The first-order valence-corrected chi connectivity index (χ1v) is 16.9. The Morgan fingerprint density at radius 2 is 1.08 bits per heavy atom. The van der Waals surface area contributed by atoms with Crippen molar-refractivity contribution in [3.05, 3.63) is 175 Å². The van der Waals surface area contributed by atoms with Gasteiger partial charge in [-0.1, -0.05) is 140 Å². The van der Waals surface area contributed by atoms with Gasteiger partial charge in [0.15, 0.2) is 11.3 Å². The number of fused-ring (bicyclic) bond motifs is 10. The molecule has 1 aliphatic rings. The molecule has 234 valence electrons. The molecule has 0 fully saturated rings. The molecule has 2 heteroatoms. The smallest absolute Gasteiger partial charge is 0.177 e. The second-order valence-corrected chi connectivity index (χ2v) is 12.7. The van der Waals surface area contributed by atoms with Crippen LogP contribution >= 0.6 is 0 Å². The summed E-state index contributed by atoms with van der Waals surface area (Å²) in [5, 5.41) is 12.8. The van der Waals surface area contributed by atoms with Crippen molar-refractivity contribution in [2.75, 3.05) is 6.61 Å². The van der Waals surface area contributed by atoms with Gasteiger partial charge in [0.2, 0.25) is 0 Å². The van der Waals surface area contributed by atoms with E-state index in [4.69, 9.17) is 9.15 Å². The van der Waals surface area contributed by atoms with E-state index >= 15 is 0 Å². The van der Waals surface area contributed by atoms with Gasteiger partial charge in [-0.2, -0.15) is 0 Å². The Morgan fingerprint density at radius 3 is 1.84 bits per heavy atom. The molecular formula is C47H34O2. The lowest BCUT2D eigenvalue weighted by Gasteiger charge is -2.18. The van der Waals surface area contributed by atoms with Gasteiger partial charge in [-0.05, 0) is 97.4 Å². The highest BCUT2D eigenvalue weighted by Gasteiger charge is 2.17. The van der Waals surface area contributed by atoms with Gasteiger partial charge >= 0.3 is 0 Å². The normalized spacial score (nSPS) is 14.1. The van der Waals surface area contributed by atoms with Crippen LogP contribution in [-0.4, -0.2) is 6.61 Å². The Hall–Kier alpha value is -6.12. The van der Waals surface area contributed by atoms with Gasteiger partial charge in [-0.3, -0.25) is 0 Å². The molecule has 0 aliphatic carbocycles. The van der Waals surface area contributed by atoms with Gasteiger partial charge in [0.25, 0.3) is 0 Å². The van der Waals surface area contributed by atoms with E-state index in [1.165, 1.54) is 59.8 Å². The number of allylic oxidation sites excluding steroid dienone is 3. The van der Waals surface area contributed by atoms with Crippen molar-refractivity contribution in [1.29, 1.82) is 0 Å². The fourth-order valence-electron chi connectivity index (χ4n) is 7.56. The highest BCUT2D eigenvalue weighted by atomic mass is 16.5. The Balaban J connectivity index is 0.000000142. The average Bonchev–Trinajstić information content (AvgIpc) is 3.59. The van der Waals surface area contributed by atoms with Crippen molar-refractivity contribution >= 4 is 65.0 Å². The predicted octanol–water partition coefficient (Wildman–Crippen LogP) is 12.9. The van der Waals surface area contributed by atoms with Crippen LogP contribution in [0.1, 0.15) is 11.1 Å². The molecule has 1 aromatic heterocycles. The molecule has 0 atom stereocenters. The third-order valence-corrected chi connectivity index (χ3v) is 9.87. The number of furan rings is 1. The monoisotopic (exact) mass is 630 g/mol. The van der Waals surface area contributed by atoms with Crippen molar-refractivity contribution in [2.24, 2.45) is 0 Å². The third kappa shape index (κ3) is 4.96. The molecule has 49 heavy (non-hydrogen) atoms. The quantitative estimate of drug-likeness (QED) is 0.133. The van der Waals surface area contributed by atoms with Gasteiger partial charge in [0.05, 0.1) is 0 Å². The summed E-state index contributed by atoms with van der Waals surface area (Å²) in [6.45, 7) is 2.81. The summed E-state index contributed by atoms with van der Waals surface area (Å²) in [6.07, 6.45) is 9.07. The molecule has 0 amide bonds. The minimum absolute atomic E-state index is 0.563. The van der Waals surface area contributed by atoms with E-state index in [0.29, 0.717) is 6.61 Å². The van der Waals surface area contributed by atoms with E-state index in [2.05, 4.69) is 140 Å². The van der Waals surface area contributed by atoms with Crippen LogP contribution in [-0.2, 0) is 6.42 Å². The van der Waals surface area contributed by atoms with Crippen molar-refractivity contribution in [1.82, 2.24) is 0 Å². The van der Waals surface area contributed by atoms with Gasteiger partial charge in [0, 0.05) is 16.3 Å². The predicted molar refractivity (Wildman–Crippen MR) is 208 cm³/mol. The summed E-state index contributed by atoms with van der Waals surface area (Å²) in [4.78, 5) is 0. The first-order chi connectivity index (χ1) is 24.3. The Kier molecular flexibility index (Phi) is 7.21. The number of para-hydroxylation sites is 1. The number of aryl methyl sites for hydroxylation is 1. The van der Waals surface area contributed by atoms with Crippen LogP contribution in [0.15, 0.2) is 168 Å². The highest BCUT2D eigenvalue weighted by molar-refractivity contribution is 6.22. The molecular weight excluding hydrogens is 597 g/mol. The van der Waals surface area contributed by atoms with Crippen molar-refractivity contribution in [2.45, 2.75) is 13.3 Å². The van der Waals surface area contributed by atoms with Gasteiger partial charge in [-0.25, -0.2) is 0 Å². The Labute approximate surface area is 285 Å². The maximum Gasteiger partial charge on any atom is 0.177 e. The Morgan fingerprint density at radius 1 is 0.490 bits per heavy atom. The molecule has 1 aliphatic heterocycles. The second kappa shape index (κ2) is 12.2. The molecule has 0 saturated carbocycles. The molecule has 2 heterocycles. The first kappa shape index (κ1) is 29.1. The zero-order valence-corrected chi connectivity index (χ0v) is 27.3. The molecule has 0 radical (unpaired) electrons. The van der Waals surface area contributed by atoms with Crippen molar-refractivity contribution in [3.63, 3.8) is 0 Å². The van der Waals surface area contributed by atoms with Crippen molar-refractivity contribution in [3.8, 4) is 16.9 Å². The lowest BCUT2D eigenvalue weighted by atomic mass is 9.86. The van der Waals surface area contributed by atoms with E-state index in [0.717, 1.165) is 39.7 Å². The minimum Gasteiger partial charge on any atom is -0.485 e. The summed E-state index contributed by atoms with van der Waals surface area (Å²) >= 11 is 0. The molecule has 0 unspecified atom stereocenters. The number of benzene rings is 8. The van der Waals surface area contributed by atoms with E-state index in [9.17, 15) is 0 Å². The summed E-state index contributed by atoms with van der Waals surface area (Å²) in [5.74, 6) is 0.870. The number of rotatable bonds is 1. The number of hydrogen-bond acceptors (Lipinski definition) is 2. The van der Waals surface area contributed by atoms with Crippen LogP contribution in [0, 0.1) is 6.92 Å². The molecule has 8 aromatic carbocycles. The van der Waals surface area contributed by atoms with Gasteiger partial charge in [-0.15, -0.1) is 0 Å². The molecule has 0 spiro atoms. The number of ether oxygens (including phenoxy) is 1. The maximum absolute atomic E-state index is 6.01. The lowest BCUT2D eigenvalue weighted by molar-refractivity contribution is 0.358. The van der Waals surface area contributed by atoms with E-state index in [1.807, 2.05) is 30.4 Å². The van der Waals surface area contributed by atoms with Crippen LogP contribution in [0.25, 0.3) is 76.2 Å². The lowest BCUT2D eigenvalue weighted by Crippen LogP contribution is -1.97. The van der Waals surface area contributed by atoms with Crippen LogP contribution in [0.2, 0.25) is 0 Å². The second-order valence-electron chi connectivity index (χ2n) is 12.7. The molecule has 10 rings (SSSR count). The third-order valence-electron chi connectivity index (χ3n) is 9.87. The maximum atomic E-state index is 6.01. The minimum atomic E-state index is 0.563. The molecule has 0 saturated heterocycles. The fraction of sp³-hybridized carbons (Fsp3) is 0.0638. The fourth-order valence-corrected chi connectivity index (χ4v) is 7.56. The summed E-state index contributed by atoms with van der Waals surface area (Å²) in [6, 6.07) is 49.9. The van der Waals surface area contributed by atoms with E-state index in [1.54, 1.807) is 0 Å². The molecule has 9 aromatic rings. The SMILES string of the molecule is C1=C\COc2c(ccc3c2oc2ccccc23)C\C=C/1.Cc1c2ccccc2c(-c2cc3ccccc3c3ccccc23)c2ccccc12. The van der Waals surface area contributed by atoms with Crippen LogP contribution in [0.5, 0.6) is 5.75 Å². The molecule has 2 nitrogen and oxygen atoms in total. The topological polar surface area (TPSA) is 22.4 Å². The Bertz CT molecular complexity index is 2700. The summed E-state index contributed by atoms with van der Waals surface area (Å²) < 4.78 is 11.9. The highest BCUT2D eigenvalue weighted by Crippen LogP contribution is 2.43. The average molecular weight is 631 g/mol. The zero-order chi connectivity index (χ0) is 32.7. The largest absolute Gasteiger partial charge is 0.485 e. The van der Waals surface area contributed by atoms with Crippen LogP contribution in [0.3, 0.4) is 0 Å². The first-order valence-electron chi connectivity index (χ1n) is 16.9. The molecule has 0 N–H and O–H groups in total.